The Hall–Kier alpha value is -0.740. The van der Waals surface area contributed by atoms with Crippen molar-refractivity contribution in [1.29, 1.82) is 0 Å². The van der Waals surface area contributed by atoms with Gasteiger partial charge in [0.05, 0.1) is 0 Å². The topological polar surface area (TPSA) is 45.1 Å². The van der Waals surface area contributed by atoms with Crippen molar-refractivity contribution < 1.29 is 5.11 Å². The Labute approximate surface area is 88.9 Å². The van der Waals surface area contributed by atoms with Gasteiger partial charge >= 0.3 is 0 Å². The quantitative estimate of drug-likeness (QED) is 0.752. The summed E-state index contributed by atoms with van der Waals surface area (Å²) in [6.07, 6.45) is 4.58. The van der Waals surface area contributed by atoms with Gasteiger partial charge in [0.15, 0.2) is 0 Å². The molecule has 0 aromatic carbocycles. The molecule has 1 rings (SSSR count). The first kappa shape index (κ1) is 11.3. The van der Waals surface area contributed by atoms with Gasteiger partial charge in [-0.1, -0.05) is 6.07 Å². The van der Waals surface area contributed by atoms with Gasteiger partial charge in [0, 0.05) is 24.6 Å². The smallest absolute Gasteiger partial charge is 0.126 e. The maximum absolute atomic E-state index is 8.87. The van der Waals surface area contributed by atoms with E-state index in [-0.39, 0.29) is 6.61 Å². The van der Waals surface area contributed by atoms with Crippen LogP contribution in [-0.4, -0.2) is 34.7 Å². The second kappa shape index (κ2) is 6.68. The number of anilines is 1. The van der Waals surface area contributed by atoms with Crippen LogP contribution in [0.1, 0.15) is 6.42 Å². The minimum atomic E-state index is 0.213. The third-order valence-corrected chi connectivity index (χ3v) is 2.60. The van der Waals surface area contributed by atoms with Gasteiger partial charge in [-0.25, -0.2) is 4.98 Å². The Balaban J connectivity index is 2.46. The van der Waals surface area contributed by atoms with E-state index in [4.69, 9.17) is 5.11 Å². The molecule has 0 saturated carbocycles. The summed E-state index contributed by atoms with van der Waals surface area (Å²) in [5.41, 5.74) is 0. The summed E-state index contributed by atoms with van der Waals surface area (Å²) in [5.74, 6) is 1.86. The van der Waals surface area contributed by atoms with E-state index in [0.29, 0.717) is 6.04 Å². The standard InChI is InChI=1S/C10H16N2OS/c1-14-8-9(5-7-13)12-10-4-2-3-6-11-10/h2-4,6,9,13H,5,7-8H2,1H3,(H,11,12). The highest BCUT2D eigenvalue weighted by Gasteiger charge is 2.06. The fourth-order valence-electron chi connectivity index (χ4n) is 1.21. The zero-order valence-corrected chi connectivity index (χ0v) is 9.13. The maximum Gasteiger partial charge on any atom is 0.126 e. The predicted octanol–water partition coefficient (Wildman–Crippen LogP) is 1.61. The summed E-state index contributed by atoms with van der Waals surface area (Å²) in [6.45, 7) is 0.213. The van der Waals surface area contributed by atoms with E-state index in [9.17, 15) is 0 Å². The Morgan fingerprint density at radius 2 is 2.43 bits per heavy atom. The molecule has 0 aliphatic rings. The van der Waals surface area contributed by atoms with Crippen LogP contribution in [0.15, 0.2) is 24.4 Å². The predicted molar refractivity (Wildman–Crippen MR) is 61.7 cm³/mol. The van der Waals surface area contributed by atoms with Crippen molar-refractivity contribution in [3.05, 3.63) is 24.4 Å². The van der Waals surface area contributed by atoms with E-state index in [1.165, 1.54) is 0 Å². The van der Waals surface area contributed by atoms with Crippen LogP contribution in [-0.2, 0) is 0 Å². The third kappa shape index (κ3) is 3.98. The lowest BCUT2D eigenvalue weighted by Crippen LogP contribution is -2.24. The van der Waals surface area contributed by atoms with Crippen LogP contribution in [0.2, 0.25) is 0 Å². The van der Waals surface area contributed by atoms with Gasteiger partial charge in [-0.3, -0.25) is 0 Å². The lowest BCUT2D eigenvalue weighted by molar-refractivity contribution is 0.282. The molecule has 0 fully saturated rings. The number of thioether (sulfide) groups is 1. The highest BCUT2D eigenvalue weighted by molar-refractivity contribution is 7.98. The molecule has 1 heterocycles. The number of aliphatic hydroxyl groups excluding tert-OH is 1. The molecule has 0 saturated heterocycles. The Kier molecular flexibility index (Phi) is 5.40. The number of hydrogen-bond donors (Lipinski definition) is 2. The fraction of sp³-hybridized carbons (Fsp3) is 0.500. The number of pyridine rings is 1. The molecule has 1 unspecified atom stereocenters. The molecule has 0 aliphatic heterocycles. The monoisotopic (exact) mass is 212 g/mol. The summed E-state index contributed by atoms with van der Waals surface area (Å²) < 4.78 is 0. The van der Waals surface area contributed by atoms with Gasteiger partial charge in [0.25, 0.3) is 0 Å². The van der Waals surface area contributed by atoms with Crippen LogP contribution >= 0.6 is 11.8 Å². The average Bonchev–Trinajstić information content (AvgIpc) is 2.20. The highest BCUT2D eigenvalue weighted by Crippen LogP contribution is 2.08. The first-order chi connectivity index (χ1) is 6.86. The molecule has 1 atom stereocenters. The van der Waals surface area contributed by atoms with Crippen LogP contribution in [0.3, 0.4) is 0 Å². The normalized spacial score (nSPS) is 12.4. The molecule has 14 heavy (non-hydrogen) atoms. The van der Waals surface area contributed by atoms with Gasteiger partial charge in [0.1, 0.15) is 5.82 Å². The second-order valence-electron chi connectivity index (χ2n) is 3.02. The summed E-state index contributed by atoms with van der Waals surface area (Å²) in [6, 6.07) is 6.07. The number of hydrogen-bond acceptors (Lipinski definition) is 4. The van der Waals surface area contributed by atoms with E-state index in [0.717, 1.165) is 18.0 Å². The fourth-order valence-corrected chi connectivity index (χ4v) is 1.86. The summed E-state index contributed by atoms with van der Waals surface area (Å²) in [7, 11) is 0. The van der Waals surface area contributed by atoms with Crippen molar-refractivity contribution in [2.45, 2.75) is 12.5 Å². The molecule has 0 spiro atoms. The molecule has 0 radical (unpaired) electrons. The van der Waals surface area contributed by atoms with Crippen molar-refractivity contribution in [3.8, 4) is 0 Å². The van der Waals surface area contributed by atoms with Crippen LogP contribution < -0.4 is 5.32 Å². The van der Waals surface area contributed by atoms with Crippen LogP contribution in [0.4, 0.5) is 5.82 Å². The van der Waals surface area contributed by atoms with E-state index in [2.05, 4.69) is 16.6 Å². The highest BCUT2D eigenvalue weighted by atomic mass is 32.2. The molecule has 1 aromatic heterocycles. The number of aliphatic hydroxyl groups is 1. The molecule has 0 aliphatic carbocycles. The minimum absolute atomic E-state index is 0.213. The van der Waals surface area contributed by atoms with Crippen LogP contribution in [0.5, 0.6) is 0 Å². The first-order valence-electron chi connectivity index (χ1n) is 4.64. The largest absolute Gasteiger partial charge is 0.396 e. The molecular formula is C10H16N2OS. The molecule has 3 nitrogen and oxygen atoms in total. The van der Waals surface area contributed by atoms with Crippen LogP contribution in [0, 0.1) is 0 Å². The number of rotatable bonds is 6. The molecule has 0 amide bonds. The third-order valence-electron chi connectivity index (χ3n) is 1.86. The molecular weight excluding hydrogens is 196 g/mol. The zero-order valence-electron chi connectivity index (χ0n) is 8.31. The summed E-state index contributed by atoms with van der Waals surface area (Å²) in [5, 5.41) is 12.2. The molecule has 2 N–H and O–H groups in total. The Morgan fingerprint density at radius 1 is 1.57 bits per heavy atom. The van der Waals surface area contributed by atoms with E-state index < -0.39 is 0 Å². The van der Waals surface area contributed by atoms with Crippen molar-refractivity contribution in [3.63, 3.8) is 0 Å². The number of nitrogens with zero attached hydrogens (tertiary/aromatic N) is 1. The van der Waals surface area contributed by atoms with E-state index in [1.54, 1.807) is 18.0 Å². The van der Waals surface area contributed by atoms with Crippen molar-refractivity contribution in [2.75, 3.05) is 23.9 Å². The van der Waals surface area contributed by atoms with E-state index >= 15 is 0 Å². The lowest BCUT2D eigenvalue weighted by Gasteiger charge is -2.16. The van der Waals surface area contributed by atoms with Gasteiger partial charge in [-0.15, -0.1) is 0 Å². The SMILES string of the molecule is CSCC(CCO)Nc1ccccn1. The summed E-state index contributed by atoms with van der Waals surface area (Å²) in [4.78, 5) is 4.18. The Bertz CT molecular complexity index is 237. The molecule has 0 bridgehead atoms. The minimum Gasteiger partial charge on any atom is -0.396 e. The lowest BCUT2D eigenvalue weighted by atomic mass is 10.2. The molecule has 4 heteroatoms. The van der Waals surface area contributed by atoms with Crippen molar-refractivity contribution in [1.82, 2.24) is 4.98 Å². The zero-order chi connectivity index (χ0) is 10.2. The first-order valence-corrected chi connectivity index (χ1v) is 6.03. The van der Waals surface area contributed by atoms with Crippen molar-refractivity contribution in [2.24, 2.45) is 0 Å². The second-order valence-corrected chi connectivity index (χ2v) is 3.93. The van der Waals surface area contributed by atoms with E-state index in [1.807, 2.05) is 18.2 Å². The van der Waals surface area contributed by atoms with Crippen molar-refractivity contribution >= 4 is 17.6 Å². The number of aromatic nitrogens is 1. The maximum atomic E-state index is 8.87. The summed E-state index contributed by atoms with van der Waals surface area (Å²) >= 11 is 1.77. The van der Waals surface area contributed by atoms with Gasteiger partial charge in [0.2, 0.25) is 0 Å². The van der Waals surface area contributed by atoms with Gasteiger partial charge < -0.3 is 10.4 Å². The van der Waals surface area contributed by atoms with Gasteiger partial charge in [-0.05, 0) is 24.8 Å². The molecule has 78 valence electrons. The van der Waals surface area contributed by atoms with Gasteiger partial charge in [-0.2, -0.15) is 11.8 Å². The number of nitrogens with one attached hydrogen (secondary N) is 1. The average molecular weight is 212 g/mol. The Morgan fingerprint density at radius 3 is 3.00 bits per heavy atom. The van der Waals surface area contributed by atoms with Crippen LogP contribution in [0.25, 0.3) is 0 Å². The molecule has 1 aromatic rings.